The summed E-state index contributed by atoms with van der Waals surface area (Å²) in [4.78, 5) is 11.7. The molecular weight excluding hydrogens is 244 g/mol. The summed E-state index contributed by atoms with van der Waals surface area (Å²) in [5.74, 6) is 0.639. The lowest BCUT2D eigenvalue weighted by Gasteiger charge is -2.03. The van der Waals surface area contributed by atoms with Crippen LogP contribution in [-0.2, 0) is 0 Å². The predicted octanol–water partition coefficient (Wildman–Crippen LogP) is 2.87. The number of methoxy groups -OCH3 is 2. The fraction of sp³-hybridized carbons (Fsp3) is 0.250. The van der Waals surface area contributed by atoms with E-state index in [1.165, 1.54) is 14.2 Å². The van der Waals surface area contributed by atoms with Gasteiger partial charge in [0.15, 0.2) is 17.1 Å². The zero-order chi connectivity index (χ0) is 12.4. The molecule has 4 nitrogen and oxygen atoms in total. The maximum absolute atomic E-state index is 11.7. The van der Waals surface area contributed by atoms with Crippen LogP contribution >= 0.6 is 11.6 Å². The van der Waals surface area contributed by atoms with E-state index in [2.05, 4.69) is 0 Å². The van der Waals surface area contributed by atoms with Crippen molar-refractivity contribution in [3.63, 3.8) is 0 Å². The minimum atomic E-state index is -0.164. The topological polar surface area (TPSA) is 48.7 Å². The molecule has 1 heterocycles. The van der Waals surface area contributed by atoms with Crippen LogP contribution in [0.4, 0.5) is 0 Å². The Kier molecular flexibility index (Phi) is 3.24. The molecule has 5 heteroatoms. The number of furan rings is 1. The number of hydrogen-bond acceptors (Lipinski definition) is 4. The number of benzene rings is 1. The lowest BCUT2D eigenvalue weighted by molar-refractivity contribution is 0.102. The van der Waals surface area contributed by atoms with Crippen LogP contribution in [0, 0.1) is 0 Å². The number of Topliss-reactive ketones (excluding diaryl/α,β-unsaturated/α-hetero) is 1. The van der Waals surface area contributed by atoms with E-state index in [0.29, 0.717) is 28.2 Å². The monoisotopic (exact) mass is 254 g/mol. The molecule has 2 rings (SSSR count). The van der Waals surface area contributed by atoms with Crippen molar-refractivity contribution in [2.24, 2.45) is 0 Å². The average molecular weight is 255 g/mol. The molecule has 0 saturated carbocycles. The summed E-state index contributed by atoms with van der Waals surface area (Å²) in [6.07, 6.45) is 0. The van der Waals surface area contributed by atoms with Gasteiger partial charge in [-0.05, 0) is 12.1 Å². The van der Waals surface area contributed by atoms with Gasteiger partial charge in [-0.15, -0.1) is 11.6 Å². The summed E-state index contributed by atoms with van der Waals surface area (Å²) >= 11 is 5.56. The number of fused-ring (bicyclic) bond motifs is 1. The molecule has 0 aliphatic heterocycles. The number of carbonyl (C=O) groups is 1. The zero-order valence-electron chi connectivity index (χ0n) is 9.45. The minimum Gasteiger partial charge on any atom is -0.493 e. The highest BCUT2D eigenvalue weighted by molar-refractivity contribution is 6.32. The minimum absolute atomic E-state index is 0.0745. The molecule has 0 N–H and O–H groups in total. The predicted molar refractivity (Wildman–Crippen MR) is 64.4 cm³/mol. The van der Waals surface area contributed by atoms with E-state index < -0.39 is 0 Å². The van der Waals surface area contributed by atoms with Crippen LogP contribution in [0.5, 0.6) is 11.7 Å². The lowest BCUT2D eigenvalue weighted by atomic mass is 10.1. The molecule has 2 aromatic rings. The highest BCUT2D eigenvalue weighted by atomic mass is 35.5. The molecule has 0 radical (unpaired) electrons. The Morgan fingerprint density at radius 2 is 2.12 bits per heavy atom. The summed E-state index contributed by atoms with van der Waals surface area (Å²) in [7, 11) is 3.03. The number of ether oxygens (including phenoxy) is 2. The van der Waals surface area contributed by atoms with Crippen molar-refractivity contribution < 1.29 is 18.7 Å². The van der Waals surface area contributed by atoms with Crippen molar-refractivity contribution >= 4 is 28.4 Å². The number of hydrogen-bond donors (Lipinski definition) is 0. The van der Waals surface area contributed by atoms with E-state index in [0.717, 1.165) is 0 Å². The van der Waals surface area contributed by atoms with Gasteiger partial charge in [-0.3, -0.25) is 4.79 Å². The van der Waals surface area contributed by atoms with Crippen LogP contribution in [0.3, 0.4) is 0 Å². The Morgan fingerprint density at radius 3 is 2.71 bits per heavy atom. The van der Waals surface area contributed by atoms with Gasteiger partial charge >= 0.3 is 0 Å². The van der Waals surface area contributed by atoms with Crippen LogP contribution in [0.25, 0.3) is 11.0 Å². The second-order valence-corrected chi connectivity index (χ2v) is 3.65. The molecule has 0 saturated heterocycles. The van der Waals surface area contributed by atoms with Crippen molar-refractivity contribution in [3.8, 4) is 11.7 Å². The molecule has 90 valence electrons. The molecule has 0 aliphatic rings. The van der Waals surface area contributed by atoms with Crippen molar-refractivity contribution in [1.82, 2.24) is 0 Å². The van der Waals surface area contributed by atoms with Crippen LogP contribution in [0.15, 0.2) is 22.6 Å². The second kappa shape index (κ2) is 4.67. The quantitative estimate of drug-likeness (QED) is 0.622. The Morgan fingerprint density at radius 1 is 1.35 bits per heavy atom. The number of carbonyl (C=O) groups excluding carboxylic acids is 1. The molecule has 0 spiro atoms. The maximum Gasteiger partial charge on any atom is 0.285 e. The molecule has 0 aliphatic carbocycles. The van der Waals surface area contributed by atoms with Gasteiger partial charge in [0.1, 0.15) is 0 Å². The van der Waals surface area contributed by atoms with E-state index in [4.69, 9.17) is 25.5 Å². The van der Waals surface area contributed by atoms with Gasteiger partial charge in [0.05, 0.1) is 20.1 Å². The highest BCUT2D eigenvalue weighted by Gasteiger charge is 2.17. The van der Waals surface area contributed by atoms with Gasteiger partial charge < -0.3 is 13.9 Å². The van der Waals surface area contributed by atoms with Crippen molar-refractivity contribution in [3.05, 3.63) is 23.8 Å². The number of ketones is 1. The molecule has 0 unspecified atom stereocenters. The second-order valence-electron chi connectivity index (χ2n) is 3.38. The van der Waals surface area contributed by atoms with Crippen LogP contribution in [-0.4, -0.2) is 25.9 Å². The maximum atomic E-state index is 11.7. The smallest absolute Gasteiger partial charge is 0.285 e. The molecule has 0 bridgehead atoms. The highest BCUT2D eigenvalue weighted by Crippen LogP contribution is 2.34. The van der Waals surface area contributed by atoms with Crippen molar-refractivity contribution in [2.75, 3.05) is 20.1 Å². The van der Waals surface area contributed by atoms with Crippen molar-refractivity contribution in [2.45, 2.75) is 0 Å². The third-order valence-electron chi connectivity index (χ3n) is 2.47. The SMILES string of the molecule is COc1cc2c(C(=O)CCl)ccc(OC)c2o1. The zero-order valence-corrected chi connectivity index (χ0v) is 10.2. The van der Waals surface area contributed by atoms with Gasteiger partial charge in [0.2, 0.25) is 0 Å². The molecule has 1 aromatic heterocycles. The standard InChI is InChI=1S/C12H11ClO4/c1-15-10-4-3-7(9(14)6-13)8-5-11(16-2)17-12(8)10/h3-5H,6H2,1-2H3. The Bertz CT molecular complexity index is 559. The van der Waals surface area contributed by atoms with E-state index in [1.807, 2.05) is 0 Å². The molecule has 0 fully saturated rings. The third-order valence-corrected chi connectivity index (χ3v) is 2.71. The van der Waals surface area contributed by atoms with Gasteiger partial charge in [0, 0.05) is 17.0 Å². The van der Waals surface area contributed by atoms with Gasteiger partial charge in [-0.1, -0.05) is 0 Å². The summed E-state index contributed by atoms with van der Waals surface area (Å²) in [6, 6.07) is 4.99. The number of rotatable bonds is 4. The van der Waals surface area contributed by atoms with Crippen LogP contribution in [0.1, 0.15) is 10.4 Å². The normalized spacial score (nSPS) is 10.5. The molecule has 0 amide bonds. The van der Waals surface area contributed by atoms with Crippen LogP contribution in [0.2, 0.25) is 0 Å². The average Bonchev–Trinajstić information content (AvgIpc) is 2.80. The Labute approximate surface area is 103 Å². The van der Waals surface area contributed by atoms with Gasteiger partial charge in [0.25, 0.3) is 5.95 Å². The van der Waals surface area contributed by atoms with E-state index in [9.17, 15) is 4.79 Å². The Hall–Kier alpha value is -1.68. The first-order valence-corrected chi connectivity index (χ1v) is 5.48. The first-order valence-electron chi connectivity index (χ1n) is 4.95. The summed E-state index contributed by atoms with van der Waals surface area (Å²) in [5.41, 5.74) is 0.989. The molecule has 0 atom stereocenters. The molecule has 1 aromatic carbocycles. The summed E-state index contributed by atoms with van der Waals surface area (Å²) < 4.78 is 15.6. The number of halogens is 1. The van der Waals surface area contributed by atoms with E-state index >= 15 is 0 Å². The van der Waals surface area contributed by atoms with Crippen LogP contribution < -0.4 is 9.47 Å². The molecule has 17 heavy (non-hydrogen) atoms. The van der Waals surface area contributed by atoms with E-state index in [1.54, 1.807) is 18.2 Å². The van der Waals surface area contributed by atoms with Crippen molar-refractivity contribution in [1.29, 1.82) is 0 Å². The summed E-state index contributed by atoms with van der Waals surface area (Å²) in [6.45, 7) is 0. The third kappa shape index (κ3) is 1.96. The lowest BCUT2D eigenvalue weighted by Crippen LogP contribution is -2.00. The Balaban J connectivity index is 2.71. The van der Waals surface area contributed by atoms with Gasteiger partial charge in [-0.2, -0.15) is 0 Å². The first kappa shape index (κ1) is 11.8. The van der Waals surface area contributed by atoms with Gasteiger partial charge in [-0.25, -0.2) is 0 Å². The van der Waals surface area contributed by atoms with E-state index in [-0.39, 0.29) is 11.7 Å². The molecular formula is C12H11ClO4. The summed E-state index contributed by atoms with van der Waals surface area (Å²) in [5, 5.41) is 0.645. The largest absolute Gasteiger partial charge is 0.493 e. The fourth-order valence-electron chi connectivity index (χ4n) is 1.65. The number of alkyl halides is 1. The fourth-order valence-corrected chi connectivity index (χ4v) is 1.80. The first-order chi connectivity index (χ1) is 8.21.